The standard InChI is InChI=1S/C20H18FN3O/c1-14-2-4-15(5-3-14)12-23-20(25)19-11-10-18(13-22-19)24-17-8-6-16(21)7-9-17/h2-11,13,24H,12H2,1H3,(H,23,25). The SMILES string of the molecule is Cc1ccc(CNC(=O)c2ccc(Nc3ccc(F)cc3)cn2)cc1. The van der Waals surface area contributed by atoms with E-state index in [-0.39, 0.29) is 11.7 Å². The zero-order chi connectivity index (χ0) is 17.6. The van der Waals surface area contributed by atoms with E-state index in [4.69, 9.17) is 0 Å². The van der Waals surface area contributed by atoms with Crippen LogP contribution in [0.3, 0.4) is 0 Å². The minimum absolute atomic E-state index is 0.228. The molecule has 3 rings (SSSR count). The molecule has 1 aromatic heterocycles. The lowest BCUT2D eigenvalue weighted by Crippen LogP contribution is -2.23. The molecule has 2 aromatic carbocycles. The number of amides is 1. The van der Waals surface area contributed by atoms with Gasteiger partial charge in [-0.05, 0) is 48.9 Å². The Kier molecular flexibility index (Phi) is 5.04. The van der Waals surface area contributed by atoms with Crippen LogP contribution in [0.4, 0.5) is 15.8 Å². The average molecular weight is 335 g/mol. The molecule has 0 aliphatic carbocycles. The quantitative estimate of drug-likeness (QED) is 0.735. The predicted octanol–water partition coefficient (Wildman–Crippen LogP) is 4.20. The summed E-state index contributed by atoms with van der Waals surface area (Å²) in [5, 5.41) is 5.95. The van der Waals surface area contributed by atoms with E-state index in [1.54, 1.807) is 30.5 Å². The van der Waals surface area contributed by atoms with Gasteiger partial charge in [0.05, 0.1) is 11.9 Å². The van der Waals surface area contributed by atoms with Crippen LogP contribution in [-0.2, 0) is 6.54 Å². The molecule has 0 radical (unpaired) electrons. The van der Waals surface area contributed by atoms with Crippen molar-refractivity contribution < 1.29 is 9.18 Å². The summed E-state index contributed by atoms with van der Waals surface area (Å²) in [4.78, 5) is 16.3. The number of nitrogens with one attached hydrogen (secondary N) is 2. The second-order valence-corrected chi connectivity index (χ2v) is 5.73. The molecule has 0 aliphatic rings. The molecule has 0 saturated carbocycles. The highest BCUT2D eigenvalue weighted by molar-refractivity contribution is 5.92. The zero-order valence-electron chi connectivity index (χ0n) is 13.8. The Labute approximate surface area is 145 Å². The molecule has 0 unspecified atom stereocenters. The molecule has 126 valence electrons. The molecular weight excluding hydrogens is 317 g/mol. The van der Waals surface area contributed by atoms with E-state index in [9.17, 15) is 9.18 Å². The molecule has 3 aromatic rings. The normalized spacial score (nSPS) is 10.3. The number of carbonyl (C=O) groups is 1. The van der Waals surface area contributed by atoms with Gasteiger partial charge in [-0.25, -0.2) is 9.37 Å². The number of halogens is 1. The Morgan fingerprint density at radius 2 is 1.64 bits per heavy atom. The number of hydrogen-bond donors (Lipinski definition) is 2. The van der Waals surface area contributed by atoms with Gasteiger partial charge in [0.15, 0.2) is 0 Å². The number of hydrogen-bond acceptors (Lipinski definition) is 3. The summed E-state index contributed by atoms with van der Waals surface area (Å²) >= 11 is 0. The fraction of sp³-hybridized carbons (Fsp3) is 0.100. The van der Waals surface area contributed by atoms with Crippen molar-refractivity contribution in [3.05, 3.63) is 89.5 Å². The molecule has 0 bridgehead atoms. The van der Waals surface area contributed by atoms with Crippen LogP contribution in [0.5, 0.6) is 0 Å². The maximum absolute atomic E-state index is 12.9. The van der Waals surface area contributed by atoms with Gasteiger partial charge < -0.3 is 10.6 Å². The second-order valence-electron chi connectivity index (χ2n) is 5.73. The Morgan fingerprint density at radius 1 is 0.960 bits per heavy atom. The van der Waals surface area contributed by atoms with Gasteiger partial charge in [-0.15, -0.1) is 0 Å². The van der Waals surface area contributed by atoms with Gasteiger partial charge in [0, 0.05) is 12.2 Å². The molecule has 0 atom stereocenters. The molecule has 4 nitrogen and oxygen atoms in total. The summed E-state index contributed by atoms with van der Waals surface area (Å²) in [6.07, 6.45) is 1.57. The van der Waals surface area contributed by atoms with Gasteiger partial charge in [-0.1, -0.05) is 29.8 Å². The van der Waals surface area contributed by atoms with Crippen LogP contribution in [0.2, 0.25) is 0 Å². The van der Waals surface area contributed by atoms with Gasteiger partial charge in [0.25, 0.3) is 5.91 Å². The van der Waals surface area contributed by atoms with Crippen molar-refractivity contribution in [2.45, 2.75) is 13.5 Å². The molecule has 1 heterocycles. The summed E-state index contributed by atoms with van der Waals surface area (Å²) in [5.41, 5.74) is 4.03. The summed E-state index contributed by atoms with van der Waals surface area (Å²) in [7, 11) is 0. The number of nitrogens with zero attached hydrogens (tertiary/aromatic N) is 1. The Hall–Kier alpha value is -3.21. The van der Waals surface area contributed by atoms with Gasteiger partial charge in [-0.3, -0.25) is 4.79 Å². The van der Waals surface area contributed by atoms with Crippen molar-refractivity contribution in [1.29, 1.82) is 0 Å². The van der Waals surface area contributed by atoms with Gasteiger partial charge in [0.2, 0.25) is 0 Å². The number of rotatable bonds is 5. The van der Waals surface area contributed by atoms with Crippen molar-refractivity contribution in [1.82, 2.24) is 10.3 Å². The van der Waals surface area contributed by atoms with Crippen LogP contribution in [0.15, 0.2) is 66.9 Å². The van der Waals surface area contributed by atoms with Gasteiger partial charge >= 0.3 is 0 Å². The van der Waals surface area contributed by atoms with E-state index in [1.807, 2.05) is 31.2 Å². The van der Waals surface area contributed by atoms with Crippen LogP contribution in [-0.4, -0.2) is 10.9 Å². The minimum atomic E-state index is -0.288. The predicted molar refractivity (Wildman–Crippen MR) is 96.3 cm³/mol. The molecule has 0 fully saturated rings. The lowest BCUT2D eigenvalue weighted by atomic mass is 10.1. The largest absolute Gasteiger partial charge is 0.354 e. The molecule has 1 amide bonds. The molecule has 5 heteroatoms. The lowest BCUT2D eigenvalue weighted by molar-refractivity contribution is 0.0946. The van der Waals surface area contributed by atoms with Crippen molar-refractivity contribution in [3.8, 4) is 0 Å². The molecule has 25 heavy (non-hydrogen) atoms. The summed E-state index contributed by atoms with van der Waals surface area (Å²) in [6, 6.07) is 17.4. The average Bonchev–Trinajstić information content (AvgIpc) is 2.63. The van der Waals surface area contributed by atoms with Crippen LogP contribution in [0, 0.1) is 12.7 Å². The third kappa shape index (κ3) is 4.64. The first-order valence-electron chi connectivity index (χ1n) is 7.92. The highest BCUT2D eigenvalue weighted by Crippen LogP contribution is 2.16. The van der Waals surface area contributed by atoms with E-state index in [0.29, 0.717) is 12.2 Å². The zero-order valence-corrected chi connectivity index (χ0v) is 13.8. The van der Waals surface area contributed by atoms with E-state index >= 15 is 0 Å². The van der Waals surface area contributed by atoms with Crippen LogP contribution < -0.4 is 10.6 Å². The van der Waals surface area contributed by atoms with Gasteiger partial charge in [0.1, 0.15) is 11.5 Å². The van der Waals surface area contributed by atoms with E-state index in [0.717, 1.165) is 16.9 Å². The maximum Gasteiger partial charge on any atom is 0.270 e. The van der Waals surface area contributed by atoms with Crippen molar-refractivity contribution in [2.75, 3.05) is 5.32 Å². The highest BCUT2D eigenvalue weighted by Gasteiger charge is 2.07. The maximum atomic E-state index is 12.9. The lowest BCUT2D eigenvalue weighted by Gasteiger charge is -2.08. The van der Waals surface area contributed by atoms with E-state index in [1.165, 1.54) is 17.7 Å². The Morgan fingerprint density at radius 3 is 2.28 bits per heavy atom. The van der Waals surface area contributed by atoms with Crippen LogP contribution >= 0.6 is 0 Å². The van der Waals surface area contributed by atoms with Crippen molar-refractivity contribution in [3.63, 3.8) is 0 Å². The summed E-state index contributed by atoms with van der Waals surface area (Å²) in [5.74, 6) is -0.516. The molecule has 2 N–H and O–H groups in total. The van der Waals surface area contributed by atoms with Crippen molar-refractivity contribution in [2.24, 2.45) is 0 Å². The minimum Gasteiger partial charge on any atom is -0.354 e. The third-order valence-corrected chi connectivity index (χ3v) is 3.70. The monoisotopic (exact) mass is 335 g/mol. The molecule has 0 spiro atoms. The number of benzene rings is 2. The molecular formula is C20H18FN3O. The van der Waals surface area contributed by atoms with Crippen LogP contribution in [0.25, 0.3) is 0 Å². The number of pyridine rings is 1. The third-order valence-electron chi connectivity index (χ3n) is 3.70. The number of aromatic nitrogens is 1. The summed E-state index contributed by atoms with van der Waals surface area (Å²) < 4.78 is 12.9. The first-order valence-corrected chi connectivity index (χ1v) is 7.92. The molecule has 0 saturated heterocycles. The Balaban J connectivity index is 1.58. The van der Waals surface area contributed by atoms with E-state index < -0.39 is 0 Å². The first-order chi connectivity index (χ1) is 12.1. The van der Waals surface area contributed by atoms with E-state index in [2.05, 4.69) is 15.6 Å². The van der Waals surface area contributed by atoms with Gasteiger partial charge in [-0.2, -0.15) is 0 Å². The topological polar surface area (TPSA) is 54.0 Å². The number of carbonyl (C=O) groups excluding carboxylic acids is 1. The second kappa shape index (κ2) is 7.57. The fourth-order valence-electron chi connectivity index (χ4n) is 2.28. The first kappa shape index (κ1) is 16.6. The molecule has 0 aliphatic heterocycles. The highest BCUT2D eigenvalue weighted by atomic mass is 19.1. The Bertz CT molecular complexity index is 844. The summed E-state index contributed by atoms with van der Waals surface area (Å²) in [6.45, 7) is 2.48. The van der Waals surface area contributed by atoms with Crippen LogP contribution in [0.1, 0.15) is 21.6 Å². The number of aryl methyl sites for hydroxylation is 1. The number of anilines is 2. The fourth-order valence-corrected chi connectivity index (χ4v) is 2.28. The van der Waals surface area contributed by atoms with Crippen molar-refractivity contribution >= 4 is 17.3 Å². The smallest absolute Gasteiger partial charge is 0.270 e.